The molecule has 30 heavy (non-hydrogen) atoms. The summed E-state index contributed by atoms with van der Waals surface area (Å²) in [7, 11) is 9.59. The first kappa shape index (κ1) is 25.6. The van der Waals surface area contributed by atoms with Gasteiger partial charge in [-0.25, -0.2) is 9.97 Å². The SMILES string of the molecule is [Cl][Mn][Cl].[HH].[HH].[HH].[HH].c1ncc(C[C@H]2C[N-][C@H](Cc3cnc[nH]3)C[N-]CC[N-]CC[N-]CC[N-]2)[nH]1. The van der Waals surface area contributed by atoms with Gasteiger partial charge in [0.2, 0.25) is 0 Å². The van der Waals surface area contributed by atoms with Crippen molar-refractivity contribution in [3.63, 3.8) is 0 Å². The second-order valence-electron chi connectivity index (χ2n) is 6.67. The van der Waals surface area contributed by atoms with Gasteiger partial charge in [-0.1, -0.05) is 0 Å². The van der Waals surface area contributed by atoms with Crippen molar-refractivity contribution >= 4 is 20.2 Å². The van der Waals surface area contributed by atoms with Gasteiger partial charge in [0.05, 0.1) is 12.7 Å². The van der Waals surface area contributed by atoms with Crippen LogP contribution in [0.15, 0.2) is 25.0 Å². The van der Waals surface area contributed by atoms with E-state index < -0.39 is 0 Å². The van der Waals surface area contributed by atoms with Crippen molar-refractivity contribution in [1.82, 2.24) is 19.9 Å². The Labute approximate surface area is 199 Å². The molecule has 0 unspecified atom stereocenters. The molecule has 3 rings (SSSR count). The molecule has 0 spiro atoms. The number of H-pyrrole nitrogens is 2. The Morgan fingerprint density at radius 2 is 1.30 bits per heavy atom. The summed E-state index contributed by atoms with van der Waals surface area (Å²) in [5.74, 6) is 0. The van der Waals surface area contributed by atoms with E-state index in [1.165, 1.54) is 0 Å². The smallest absolute Gasteiger partial charge is 0.0921 e. The van der Waals surface area contributed by atoms with E-state index >= 15 is 0 Å². The molecule has 0 aromatic carbocycles. The molecule has 0 aliphatic carbocycles. The zero-order chi connectivity index (χ0) is 21.3. The van der Waals surface area contributed by atoms with Crippen LogP contribution in [0, 0.1) is 0 Å². The van der Waals surface area contributed by atoms with Crippen molar-refractivity contribution in [2.45, 2.75) is 24.9 Å². The molecular formula is C18H36Cl2MnN9-5. The van der Waals surface area contributed by atoms with E-state index in [4.69, 9.17) is 30.8 Å². The largest absolute Gasteiger partial charge is 0.665 e. The normalized spacial score (nSPS) is 22.3. The molecule has 1 aliphatic rings. The average molecular weight is 504 g/mol. The summed E-state index contributed by atoms with van der Waals surface area (Å²) in [4.78, 5) is 14.5. The van der Waals surface area contributed by atoms with Crippen LogP contribution in [0.25, 0.3) is 26.6 Å². The third-order valence-corrected chi connectivity index (χ3v) is 4.41. The minimum atomic E-state index is 0. The van der Waals surface area contributed by atoms with E-state index in [1.54, 1.807) is 12.7 Å². The van der Waals surface area contributed by atoms with Crippen LogP contribution < -0.4 is 0 Å². The molecule has 1 saturated heterocycles. The van der Waals surface area contributed by atoms with Crippen LogP contribution in [0.4, 0.5) is 0 Å². The van der Waals surface area contributed by atoms with Gasteiger partial charge >= 0.3 is 33.3 Å². The van der Waals surface area contributed by atoms with Crippen molar-refractivity contribution in [2.24, 2.45) is 0 Å². The summed E-state index contributed by atoms with van der Waals surface area (Å²) in [5, 5.41) is 23.4. The van der Waals surface area contributed by atoms with E-state index in [0.717, 1.165) is 63.5 Å². The summed E-state index contributed by atoms with van der Waals surface area (Å²) in [6.45, 7) is 5.91. The molecule has 0 radical (unpaired) electrons. The second kappa shape index (κ2) is 16.9. The van der Waals surface area contributed by atoms with E-state index in [0.29, 0.717) is 13.1 Å². The molecule has 1 aliphatic heterocycles. The average Bonchev–Trinajstić information content (AvgIpc) is 3.43. The van der Waals surface area contributed by atoms with Gasteiger partial charge in [-0.15, -0.1) is 0 Å². The first-order valence-corrected chi connectivity index (χ1v) is 13.1. The third-order valence-electron chi connectivity index (χ3n) is 4.41. The monoisotopic (exact) mass is 503 g/mol. The van der Waals surface area contributed by atoms with Gasteiger partial charge in [0.25, 0.3) is 0 Å². The number of hydrogen-bond acceptors (Lipinski definition) is 2. The van der Waals surface area contributed by atoms with Gasteiger partial charge in [0.1, 0.15) is 0 Å². The number of imidazole rings is 2. The molecule has 2 aromatic heterocycles. The van der Waals surface area contributed by atoms with Crippen LogP contribution in [0.5, 0.6) is 0 Å². The quantitative estimate of drug-likeness (QED) is 0.575. The molecule has 0 bridgehead atoms. The molecule has 12 heteroatoms. The first-order chi connectivity index (χ1) is 14.8. The van der Waals surface area contributed by atoms with E-state index in [-0.39, 0.29) is 30.9 Å². The fourth-order valence-electron chi connectivity index (χ4n) is 3.00. The van der Waals surface area contributed by atoms with Gasteiger partial charge < -0.3 is 36.6 Å². The topological polar surface area (TPSA) is 128 Å². The van der Waals surface area contributed by atoms with Crippen molar-refractivity contribution < 1.29 is 18.8 Å². The number of aromatic amines is 2. The zero-order valence-electron chi connectivity index (χ0n) is 16.8. The summed E-state index contributed by atoms with van der Waals surface area (Å²) in [5.41, 5.74) is 2.17. The Morgan fingerprint density at radius 1 is 0.800 bits per heavy atom. The predicted octanol–water partition coefficient (Wildman–Crippen LogP) is 4.90. The fourth-order valence-corrected chi connectivity index (χ4v) is 3.00. The number of nitrogens with one attached hydrogen (secondary N) is 2. The Morgan fingerprint density at radius 3 is 1.83 bits per heavy atom. The molecule has 9 nitrogen and oxygen atoms in total. The van der Waals surface area contributed by atoms with Crippen molar-refractivity contribution in [1.29, 1.82) is 0 Å². The molecular weight excluding hydrogens is 468 g/mol. The summed E-state index contributed by atoms with van der Waals surface area (Å²) < 4.78 is 0. The Hall–Kier alpha value is -0.681. The van der Waals surface area contributed by atoms with Gasteiger partial charge in [-0.3, -0.25) is 0 Å². The maximum absolute atomic E-state index is 4.94. The van der Waals surface area contributed by atoms with Crippen LogP contribution in [0.3, 0.4) is 0 Å². The van der Waals surface area contributed by atoms with Gasteiger partial charge in [0.15, 0.2) is 0 Å². The molecule has 3 heterocycles. The number of nitrogens with zero attached hydrogens (tertiary/aromatic N) is 7. The fraction of sp³-hybridized carbons (Fsp3) is 0.667. The second-order valence-corrected chi connectivity index (χ2v) is 8.62. The molecule has 2 N–H and O–H groups in total. The third kappa shape index (κ3) is 11.6. The number of halogens is 2. The van der Waals surface area contributed by atoms with Gasteiger partial charge in [-0.2, -0.15) is 64.4 Å². The molecule has 2 aromatic rings. The van der Waals surface area contributed by atoms with Crippen molar-refractivity contribution in [2.75, 3.05) is 52.4 Å². The van der Waals surface area contributed by atoms with Crippen molar-refractivity contribution in [3.05, 3.63) is 63.0 Å². The minimum absolute atomic E-state index is 0. The maximum atomic E-state index is 4.94. The van der Waals surface area contributed by atoms with Gasteiger partial charge in [0, 0.05) is 29.5 Å². The Balaban J connectivity index is -0.00000130. The minimum Gasteiger partial charge on any atom is -0.665 e. The van der Waals surface area contributed by atoms with E-state index in [1.807, 2.05) is 12.4 Å². The van der Waals surface area contributed by atoms with Crippen LogP contribution in [-0.4, -0.2) is 84.4 Å². The summed E-state index contributed by atoms with van der Waals surface area (Å²) >= 11 is 0.00694. The zero-order valence-corrected chi connectivity index (χ0v) is 19.5. The van der Waals surface area contributed by atoms with Crippen LogP contribution >= 0.6 is 20.2 Å². The van der Waals surface area contributed by atoms with E-state index in [9.17, 15) is 0 Å². The maximum Gasteiger partial charge on any atom is 0.0921 e. The van der Waals surface area contributed by atoms with E-state index in [2.05, 4.69) is 35.9 Å². The van der Waals surface area contributed by atoms with Crippen molar-refractivity contribution in [3.8, 4) is 0 Å². The van der Waals surface area contributed by atoms with Crippen LogP contribution in [0.2, 0.25) is 0 Å². The first-order valence-electron chi connectivity index (χ1n) is 9.86. The standard InChI is InChI=1S/C18H28N9.2ClH.Mn.4H2/c1-2-20-5-6-24-18(8-17-11-23-14-27-17)12-25-15(9-21-4-3-19-1)7-16-10-22-13-26-16;;;;;;;/h10-11,13-15,18H,1-9,12H2,(H,22,26)(H,23,27);2*1H;;4*1H/q-5;;;+2;;;;/p-2/t15-,18+;;;;;;;/m1......./s1. The summed E-state index contributed by atoms with van der Waals surface area (Å²) in [6.07, 6.45) is 8.75. The Kier molecular flexibility index (Phi) is 14.4. The van der Waals surface area contributed by atoms with Crippen LogP contribution in [0.1, 0.15) is 17.1 Å². The number of hydrogen-bond donors (Lipinski definition) is 2. The van der Waals surface area contributed by atoms with Crippen LogP contribution in [-0.2, 0) is 26.0 Å². The number of aromatic nitrogens is 4. The molecule has 0 saturated carbocycles. The number of rotatable bonds is 4. The molecule has 0 amide bonds. The van der Waals surface area contributed by atoms with Gasteiger partial charge in [-0.05, 0) is 12.8 Å². The summed E-state index contributed by atoms with van der Waals surface area (Å²) in [6, 6.07) is 0.250. The predicted molar refractivity (Wildman–Crippen MR) is 128 cm³/mol. The molecule has 179 valence electrons. The molecule has 1 fully saturated rings. The Bertz CT molecular complexity index is 581. The molecule has 2 atom stereocenters.